The second-order valence-corrected chi connectivity index (χ2v) is 8.08. The third kappa shape index (κ3) is 4.16. The molecule has 1 fully saturated rings. The van der Waals surface area contributed by atoms with Gasteiger partial charge in [-0.3, -0.25) is 9.88 Å². The lowest BCUT2D eigenvalue weighted by Crippen LogP contribution is -2.46. The molecule has 1 saturated heterocycles. The molecule has 0 amide bonds. The summed E-state index contributed by atoms with van der Waals surface area (Å²) < 4.78 is 15.5. The quantitative estimate of drug-likeness (QED) is 0.577. The Morgan fingerprint density at radius 2 is 1.79 bits per heavy atom. The van der Waals surface area contributed by atoms with E-state index in [-0.39, 0.29) is 0 Å². The molecule has 0 atom stereocenters. The number of nitrogens with zero attached hydrogens (tertiary/aromatic N) is 4. The van der Waals surface area contributed by atoms with E-state index in [1.807, 2.05) is 24.4 Å². The van der Waals surface area contributed by atoms with Gasteiger partial charge in [-0.05, 0) is 48.3 Å². The van der Waals surface area contributed by atoms with E-state index in [0.717, 1.165) is 54.1 Å². The number of pyridine rings is 1. The fourth-order valence-electron chi connectivity index (χ4n) is 3.76. The number of unbranched alkanes of at least 4 members (excludes halogenated alkanes) is 1. The normalized spacial score (nSPS) is 15.1. The van der Waals surface area contributed by atoms with Gasteiger partial charge in [0, 0.05) is 37.9 Å². The number of rotatable bonds is 7. The predicted octanol–water partition coefficient (Wildman–Crippen LogP) is 4.30. The van der Waals surface area contributed by atoms with Crippen LogP contribution in [0.3, 0.4) is 0 Å². The summed E-state index contributed by atoms with van der Waals surface area (Å²) in [4.78, 5) is 9.78. The first kappa shape index (κ1) is 19.9. The largest absolute Gasteiger partial charge is 0.493 e. The van der Waals surface area contributed by atoms with E-state index in [9.17, 15) is 0 Å². The van der Waals surface area contributed by atoms with Crippen LogP contribution in [0.25, 0.3) is 22.2 Å². The fourth-order valence-corrected chi connectivity index (χ4v) is 4.63. The van der Waals surface area contributed by atoms with Crippen LogP contribution in [-0.2, 0) is 0 Å². The number of ether oxygens (including phenoxy) is 2. The molecular formula is C22H28N4O2S. The van der Waals surface area contributed by atoms with E-state index >= 15 is 0 Å². The third-order valence-electron chi connectivity index (χ3n) is 5.50. The van der Waals surface area contributed by atoms with Crippen LogP contribution in [0.4, 0.5) is 5.00 Å². The zero-order valence-corrected chi connectivity index (χ0v) is 18.2. The Balaban J connectivity index is 1.54. The standard InChI is InChI=1S/C22H28N4O2S/c1-4-5-8-25-9-11-26(12-10-25)22-21-18(24-29-22)13-17(15-23-21)16-6-7-19(27-2)20(14-16)28-3/h6-7,13-15H,4-5,8-12H2,1-3H3. The molecule has 3 heterocycles. The summed E-state index contributed by atoms with van der Waals surface area (Å²) >= 11 is 1.56. The molecule has 0 radical (unpaired) electrons. The van der Waals surface area contributed by atoms with Crippen molar-refractivity contribution in [3.8, 4) is 22.6 Å². The SMILES string of the molecule is CCCCN1CCN(c2snc3cc(-c4ccc(OC)c(OC)c4)cnc23)CC1. The van der Waals surface area contributed by atoms with E-state index in [1.165, 1.54) is 24.4 Å². The van der Waals surface area contributed by atoms with E-state index in [2.05, 4.69) is 22.8 Å². The van der Waals surface area contributed by atoms with Crippen LogP contribution in [0.1, 0.15) is 19.8 Å². The van der Waals surface area contributed by atoms with Gasteiger partial charge in [0.25, 0.3) is 0 Å². The molecule has 29 heavy (non-hydrogen) atoms. The highest BCUT2D eigenvalue weighted by Crippen LogP contribution is 2.35. The van der Waals surface area contributed by atoms with Crippen LogP contribution in [0.15, 0.2) is 30.5 Å². The van der Waals surface area contributed by atoms with Gasteiger partial charge >= 0.3 is 0 Å². The van der Waals surface area contributed by atoms with E-state index in [1.54, 1.807) is 25.8 Å². The molecule has 6 nitrogen and oxygen atoms in total. The van der Waals surface area contributed by atoms with Gasteiger partial charge in [0.2, 0.25) is 0 Å². The van der Waals surface area contributed by atoms with Crippen LogP contribution in [-0.4, -0.2) is 61.2 Å². The number of fused-ring (bicyclic) bond motifs is 1. The van der Waals surface area contributed by atoms with Gasteiger partial charge in [0.15, 0.2) is 11.5 Å². The summed E-state index contributed by atoms with van der Waals surface area (Å²) in [7, 11) is 3.29. The van der Waals surface area contributed by atoms with Crippen molar-refractivity contribution in [2.24, 2.45) is 0 Å². The second-order valence-electron chi connectivity index (χ2n) is 7.33. The minimum Gasteiger partial charge on any atom is -0.493 e. The van der Waals surface area contributed by atoms with Gasteiger partial charge in [0.1, 0.15) is 16.0 Å². The van der Waals surface area contributed by atoms with Crippen molar-refractivity contribution in [1.29, 1.82) is 0 Å². The fraction of sp³-hybridized carbons (Fsp3) is 0.455. The molecule has 2 aromatic heterocycles. The molecule has 4 rings (SSSR count). The maximum atomic E-state index is 5.43. The molecule has 0 N–H and O–H groups in total. The lowest BCUT2D eigenvalue weighted by molar-refractivity contribution is 0.255. The molecule has 0 spiro atoms. The molecule has 0 unspecified atom stereocenters. The molecular weight excluding hydrogens is 384 g/mol. The minimum atomic E-state index is 0.713. The molecule has 1 aliphatic heterocycles. The highest BCUT2D eigenvalue weighted by Gasteiger charge is 2.21. The lowest BCUT2D eigenvalue weighted by Gasteiger charge is -2.35. The van der Waals surface area contributed by atoms with Crippen molar-refractivity contribution < 1.29 is 9.47 Å². The maximum Gasteiger partial charge on any atom is 0.161 e. The van der Waals surface area contributed by atoms with Crippen molar-refractivity contribution in [3.05, 3.63) is 30.5 Å². The van der Waals surface area contributed by atoms with E-state index in [4.69, 9.17) is 18.8 Å². The van der Waals surface area contributed by atoms with Gasteiger partial charge in [-0.25, -0.2) is 0 Å². The molecule has 1 aliphatic rings. The Morgan fingerprint density at radius 3 is 2.52 bits per heavy atom. The van der Waals surface area contributed by atoms with Crippen LogP contribution in [0.5, 0.6) is 11.5 Å². The highest BCUT2D eigenvalue weighted by molar-refractivity contribution is 7.11. The average Bonchev–Trinajstić information content (AvgIpc) is 3.20. The Morgan fingerprint density at radius 1 is 1.00 bits per heavy atom. The van der Waals surface area contributed by atoms with Crippen LogP contribution in [0, 0.1) is 0 Å². The van der Waals surface area contributed by atoms with Gasteiger partial charge in [-0.1, -0.05) is 19.4 Å². The first-order chi connectivity index (χ1) is 14.2. The summed E-state index contributed by atoms with van der Waals surface area (Å²) in [6, 6.07) is 8.03. The first-order valence-electron chi connectivity index (χ1n) is 10.2. The Labute approximate surface area is 176 Å². The van der Waals surface area contributed by atoms with Crippen molar-refractivity contribution in [2.45, 2.75) is 19.8 Å². The average molecular weight is 413 g/mol. The molecule has 0 bridgehead atoms. The highest BCUT2D eigenvalue weighted by atomic mass is 32.1. The summed E-state index contributed by atoms with van der Waals surface area (Å²) in [5, 5.41) is 1.19. The Bertz CT molecular complexity index is 967. The summed E-state index contributed by atoms with van der Waals surface area (Å²) in [5.41, 5.74) is 4.02. The summed E-state index contributed by atoms with van der Waals surface area (Å²) in [6.45, 7) is 7.77. The van der Waals surface area contributed by atoms with Crippen LogP contribution < -0.4 is 14.4 Å². The number of aromatic nitrogens is 2. The van der Waals surface area contributed by atoms with Gasteiger partial charge < -0.3 is 14.4 Å². The Kier molecular flexibility index (Phi) is 6.16. The second kappa shape index (κ2) is 8.97. The maximum absolute atomic E-state index is 5.43. The first-order valence-corrected chi connectivity index (χ1v) is 11.0. The van der Waals surface area contributed by atoms with Crippen molar-refractivity contribution in [2.75, 3.05) is 51.8 Å². The number of piperazine rings is 1. The van der Waals surface area contributed by atoms with Crippen molar-refractivity contribution >= 4 is 27.6 Å². The van der Waals surface area contributed by atoms with Gasteiger partial charge in [0.05, 0.1) is 14.2 Å². The topological polar surface area (TPSA) is 50.7 Å². The molecule has 1 aromatic carbocycles. The zero-order chi connectivity index (χ0) is 20.2. The summed E-state index contributed by atoms with van der Waals surface area (Å²) in [6.07, 6.45) is 4.47. The predicted molar refractivity (Wildman–Crippen MR) is 120 cm³/mol. The van der Waals surface area contributed by atoms with Gasteiger partial charge in [-0.2, -0.15) is 4.37 Å². The van der Waals surface area contributed by atoms with Gasteiger partial charge in [-0.15, -0.1) is 0 Å². The molecule has 3 aromatic rings. The minimum absolute atomic E-state index is 0.713. The molecule has 0 aliphatic carbocycles. The molecule has 7 heteroatoms. The zero-order valence-electron chi connectivity index (χ0n) is 17.4. The Hall–Kier alpha value is -2.38. The van der Waals surface area contributed by atoms with E-state index in [0.29, 0.717) is 5.75 Å². The van der Waals surface area contributed by atoms with Crippen molar-refractivity contribution in [3.63, 3.8) is 0 Å². The lowest BCUT2D eigenvalue weighted by atomic mass is 10.1. The number of benzene rings is 1. The number of hydrogen-bond acceptors (Lipinski definition) is 7. The summed E-state index contributed by atoms with van der Waals surface area (Å²) in [5.74, 6) is 1.43. The smallest absolute Gasteiger partial charge is 0.161 e. The van der Waals surface area contributed by atoms with E-state index < -0.39 is 0 Å². The monoisotopic (exact) mass is 412 g/mol. The van der Waals surface area contributed by atoms with Crippen molar-refractivity contribution in [1.82, 2.24) is 14.3 Å². The molecule has 0 saturated carbocycles. The molecule has 154 valence electrons. The number of hydrogen-bond donors (Lipinski definition) is 0. The number of anilines is 1. The van der Waals surface area contributed by atoms with Crippen LogP contribution >= 0.6 is 11.5 Å². The number of methoxy groups -OCH3 is 2. The van der Waals surface area contributed by atoms with Crippen LogP contribution in [0.2, 0.25) is 0 Å². The third-order valence-corrected chi connectivity index (χ3v) is 6.42.